The number of aryl methyl sites for hydroxylation is 1. The van der Waals surface area contributed by atoms with Crippen molar-refractivity contribution in [1.29, 1.82) is 0 Å². The molecular formula is C18H25NO3. The standard InChI is InChI=1S/C18H25NO3/c1-14-3-2-4-17(13-14)22-16-5-9-19(10-6-16)18(20)15-7-11-21-12-8-15/h2-4,13,15-16H,5-12H2,1H3. The van der Waals surface area contributed by atoms with E-state index in [4.69, 9.17) is 9.47 Å². The van der Waals surface area contributed by atoms with E-state index >= 15 is 0 Å². The molecule has 0 atom stereocenters. The molecule has 2 saturated heterocycles. The van der Waals surface area contributed by atoms with E-state index in [1.54, 1.807) is 0 Å². The van der Waals surface area contributed by atoms with Crippen LogP contribution in [0.2, 0.25) is 0 Å². The summed E-state index contributed by atoms with van der Waals surface area (Å²) in [5.74, 6) is 1.43. The van der Waals surface area contributed by atoms with Crippen LogP contribution in [0.25, 0.3) is 0 Å². The lowest BCUT2D eigenvalue weighted by Gasteiger charge is -2.35. The Morgan fingerprint density at radius 3 is 2.59 bits per heavy atom. The average molecular weight is 303 g/mol. The Kier molecular flexibility index (Phi) is 4.98. The summed E-state index contributed by atoms with van der Waals surface area (Å²) in [7, 11) is 0. The Morgan fingerprint density at radius 2 is 1.91 bits per heavy atom. The van der Waals surface area contributed by atoms with Crippen molar-refractivity contribution < 1.29 is 14.3 Å². The van der Waals surface area contributed by atoms with Crippen LogP contribution in [-0.2, 0) is 9.53 Å². The number of ether oxygens (including phenoxy) is 2. The summed E-state index contributed by atoms with van der Waals surface area (Å²) < 4.78 is 11.4. The molecule has 4 nitrogen and oxygen atoms in total. The molecule has 0 aromatic heterocycles. The van der Waals surface area contributed by atoms with Gasteiger partial charge >= 0.3 is 0 Å². The summed E-state index contributed by atoms with van der Waals surface area (Å²) in [6.07, 6.45) is 3.81. The average Bonchev–Trinajstić information content (AvgIpc) is 2.56. The van der Waals surface area contributed by atoms with Crippen molar-refractivity contribution in [1.82, 2.24) is 4.90 Å². The number of piperidine rings is 1. The predicted octanol–water partition coefficient (Wildman–Crippen LogP) is 2.79. The first-order valence-corrected chi connectivity index (χ1v) is 8.32. The number of hydrogen-bond acceptors (Lipinski definition) is 3. The van der Waals surface area contributed by atoms with E-state index in [2.05, 4.69) is 19.1 Å². The lowest BCUT2D eigenvalue weighted by atomic mass is 9.97. The third-order valence-electron chi connectivity index (χ3n) is 4.62. The molecule has 0 radical (unpaired) electrons. The van der Waals surface area contributed by atoms with Crippen molar-refractivity contribution >= 4 is 5.91 Å². The van der Waals surface area contributed by atoms with Gasteiger partial charge in [0.2, 0.25) is 5.91 Å². The molecule has 120 valence electrons. The molecule has 4 heteroatoms. The molecule has 22 heavy (non-hydrogen) atoms. The number of hydrogen-bond donors (Lipinski definition) is 0. The molecule has 2 heterocycles. The van der Waals surface area contributed by atoms with Gasteiger partial charge in [-0.2, -0.15) is 0 Å². The highest BCUT2D eigenvalue weighted by Crippen LogP contribution is 2.23. The van der Waals surface area contributed by atoms with Gasteiger partial charge < -0.3 is 14.4 Å². The molecular weight excluding hydrogens is 278 g/mol. The van der Waals surface area contributed by atoms with Crippen LogP contribution in [0, 0.1) is 12.8 Å². The highest BCUT2D eigenvalue weighted by molar-refractivity contribution is 5.79. The van der Waals surface area contributed by atoms with E-state index in [1.165, 1.54) is 5.56 Å². The van der Waals surface area contributed by atoms with Gasteiger partial charge in [0.05, 0.1) is 0 Å². The Bertz CT molecular complexity index is 503. The second kappa shape index (κ2) is 7.14. The van der Waals surface area contributed by atoms with Crippen LogP contribution in [0.4, 0.5) is 0 Å². The highest BCUT2D eigenvalue weighted by Gasteiger charge is 2.29. The summed E-state index contributed by atoms with van der Waals surface area (Å²) in [5.41, 5.74) is 1.21. The second-order valence-corrected chi connectivity index (χ2v) is 6.35. The Morgan fingerprint density at radius 1 is 1.18 bits per heavy atom. The largest absolute Gasteiger partial charge is 0.490 e. The van der Waals surface area contributed by atoms with E-state index < -0.39 is 0 Å². The first-order chi connectivity index (χ1) is 10.7. The van der Waals surface area contributed by atoms with Crippen molar-refractivity contribution in [2.75, 3.05) is 26.3 Å². The number of amides is 1. The van der Waals surface area contributed by atoms with Crippen LogP contribution >= 0.6 is 0 Å². The van der Waals surface area contributed by atoms with E-state index in [1.807, 2.05) is 17.0 Å². The number of carbonyl (C=O) groups excluding carboxylic acids is 1. The van der Waals surface area contributed by atoms with Crippen LogP contribution in [0.5, 0.6) is 5.75 Å². The molecule has 2 fully saturated rings. The number of carbonyl (C=O) groups is 1. The molecule has 1 amide bonds. The maximum absolute atomic E-state index is 12.5. The Labute approximate surface area is 132 Å². The summed E-state index contributed by atoms with van der Waals surface area (Å²) in [6.45, 7) is 5.15. The quantitative estimate of drug-likeness (QED) is 0.862. The fourth-order valence-corrected chi connectivity index (χ4v) is 3.28. The summed E-state index contributed by atoms with van der Waals surface area (Å²) in [4.78, 5) is 14.5. The minimum absolute atomic E-state index is 0.169. The zero-order valence-corrected chi connectivity index (χ0v) is 13.3. The van der Waals surface area contributed by atoms with Crippen LogP contribution in [0.15, 0.2) is 24.3 Å². The molecule has 1 aromatic carbocycles. The summed E-state index contributed by atoms with van der Waals surface area (Å²) in [6, 6.07) is 8.17. The number of likely N-dealkylation sites (tertiary alicyclic amines) is 1. The molecule has 0 unspecified atom stereocenters. The maximum atomic E-state index is 12.5. The van der Waals surface area contributed by atoms with Gasteiger partial charge in [-0.05, 0) is 37.5 Å². The van der Waals surface area contributed by atoms with Gasteiger partial charge in [0.25, 0.3) is 0 Å². The van der Waals surface area contributed by atoms with Gasteiger partial charge in [0.1, 0.15) is 11.9 Å². The Hall–Kier alpha value is -1.55. The molecule has 2 aliphatic rings. The Balaban J connectivity index is 1.48. The fourth-order valence-electron chi connectivity index (χ4n) is 3.28. The van der Waals surface area contributed by atoms with Gasteiger partial charge in [0.15, 0.2) is 0 Å². The van der Waals surface area contributed by atoms with Crippen molar-refractivity contribution in [2.45, 2.75) is 38.7 Å². The smallest absolute Gasteiger partial charge is 0.225 e. The van der Waals surface area contributed by atoms with Crippen LogP contribution in [0.3, 0.4) is 0 Å². The summed E-state index contributed by atoms with van der Waals surface area (Å²) in [5, 5.41) is 0. The van der Waals surface area contributed by atoms with Crippen LogP contribution < -0.4 is 4.74 Å². The first kappa shape index (κ1) is 15.3. The lowest BCUT2D eigenvalue weighted by Crippen LogP contribution is -2.45. The van der Waals surface area contributed by atoms with E-state index in [-0.39, 0.29) is 12.0 Å². The SMILES string of the molecule is Cc1cccc(OC2CCN(C(=O)C3CCOCC3)CC2)c1. The number of benzene rings is 1. The van der Waals surface area contributed by atoms with E-state index in [0.29, 0.717) is 5.91 Å². The van der Waals surface area contributed by atoms with Crippen LogP contribution in [-0.4, -0.2) is 43.2 Å². The first-order valence-electron chi connectivity index (χ1n) is 8.32. The van der Waals surface area contributed by atoms with Crippen molar-refractivity contribution in [3.8, 4) is 5.75 Å². The highest BCUT2D eigenvalue weighted by atomic mass is 16.5. The molecule has 0 spiro atoms. The maximum Gasteiger partial charge on any atom is 0.225 e. The molecule has 0 aliphatic carbocycles. The minimum Gasteiger partial charge on any atom is -0.490 e. The zero-order chi connectivity index (χ0) is 15.4. The normalized spacial score (nSPS) is 20.9. The van der Waals surface area contributed by atoms with Gasteiger partial charge in [0, 0.05) is 45.1 Å². The van der Waals surface area contributed by atoms with Gasteiger partial charge in [-0.15, -0.1) is 0 Å². The third-order valence-corrected chi connectivity index (χ3v) is 4.62. The zero-order valence-electron chi connectivity index (χ0n) is 13.3. The topological polar surface area (TPSA) is 38.8 Å². The molecule has 0 bridgehead atoms. The van der Waals surface area contributed by atoms with E-state index in [0.717, 1.165) is 57.7 Å². The lowest BCUT2D eigenvalue weighted by molar-refractivity contribution is -0.140. The van der Waals surface area contributed by atoms with Crippen molar-refractivity contribution in [3.05, 3.63) is 29.8 Å². The molecule has 3 rings (SSSR count). The van der Waals surface area contributed by atoms with Crippen molar-refractivity contribution in [3.63, 3.8) is 0 Å². The van der Waals surface area contributed by atoms with E-state index in [9.17, 15) is 4.79 Å². The van der Waals surface area contributed by atoms with Crippen molar-refractivity contribution in [2.24, 2.45) is 5.92 Å². The molecule has 0 N–H and O–H groups in total. The predicted molar refractivity (Wildman–Crippen MR) is 85.0 cm³/mol. The fraction of sp³-hybridized carbons (Fsp3) is 0.611. The van der Waals surface area contributed by atoms with Gasteiger partial charge in [-0.1, -0.05) is 12.1 Å². The molecule has 1 aromatic rings. The van der Waals surface area contributed by atoms with Crippen LogP contribution in [0.1, 0.15) is 31.2 Å². The van der Waals surface area contributed by atoms with Gasteiger partial charge in [-0.25, -0.2) is 0 Å². The second-order valence-electron chi connectivity index (χ2n) is 6.35. The number of rotatable bonds is 3. The molecule has 0 saturated carbocycles. The summed E-state index contributed by atoms with van der Waals surface area (Å²) >= 11 is 0. The monoisotopic (exact) mass is 303 g/mol. The minimum atomic E-state index is 0.169. The number of nitrogens with zero attached hydrogens (tertiary/aromatic N) is 1. The van der Waals surface area contributed by atoms with Gasteiger partial charge in [-0.3, -0.25) is 4.79 Å². The molecule has 2 aliphatic heterocycles. The third kappa shape index (κ3) is 3.80.